The van der Waals surface area contributed by atoms with Gasteiger partial charge in [-0.1, -0.05) is 24.1 Å². The number of rotatable bonds is 5. The standard InChI is InChI=1S/C27H26FN5O3/c1-4-17-13-27(18-9-5-6-10-19(18)31-25(27)36)15-32(17)24(35)21(14-26(2,3)28)33-20(22(29)34)12-16-8-7-11-30-23(16)33/h1,5-12,17,21H,13-15H2,2-3H3,(H2,29,34)(H,31,36)/t17-,21+,27+/m1/s1. The minimum Gasteiger partial charge on any atom is -0.364 e. The number of aromatic nitrogens is 2. The van der Waals surface area contributed by atoms with E-state index >= 15 is 4.39 Å². The predicted octanol–water partition coefficient (Wildman–Crippen LogP) is 2.94. The molecule has 3 amide bonds. The van der Waals surface area contributed by atoms with E-state index < -0.39 is 35.0 Å². The van der Waals surface area contributed by atoms with Crippen molar-refractivity contribution in [2.24, 2.45) is 5.73 Å². The highest BCUT2D eigenvalue weighted by atomic mass is 19.1. The first-order chi connectivity index (χ1) is 17.1. The van der Waals surface area contributed by atoms with Crippen LogP contribution in [0.25, 0.3) is 11.0 Å². The van der Waals surface area contributed by atoms with E-state index in [4.69, 9.17) is 12.2 Å². The molecule has 8 nitrogen and oxygen atoms in total. The molecule has 3 N–H and O–H groups in total. The Morgan fingerprint density at radius 3 is 2.78 bits per heavy atom. The number of nitrogens with zero attached hydrogens (tertiary/aromatic N) is 3. The number of primary amides is 1. The van der Waals surface area contributed by atoms with Crippen LogP contribution in [0.1, 0.15) is 48.8 Å². The molecule has 0 radical (unpaired) electrons. The lowest BCUT2D eigenvalue weighted by Crippen LogP contribution is -2.44. The van der Waals surface area contributed by atoms with Crippen molar-refractivity contribution in [3.63, 3.8) is 0 Å². The minimum absolute atomic E-state index is 0.0330. The number of carbonyl (C=O) groups excluding carboxylic acids is 3. The summed E-state index contributed by atoms with van der Waals surface area (Å²) in [7, 11) is 0. The average Bonchev–Trinajstić information content (AvgIpc) is 3.49. The topological polar surface area (TPSA) is 110 Å². The number of benzene rings is 1. The fourth-order valence-corrected chi connectivity index (χ4v) is 5.52. The van der Waals surface area contributed by atoms with Gasteiger partial charge in [-0.05, 0) is 50.1 Å². The SMILES string of the molecule is C#C[C@@H]1C[C@@]2(CN1C(=O)[C@H](CC(C)(C)F)n1c(C(N)=O)cc3cccnc31)C(=O)Nc1ccccc12. The lowest BCUT2D eigenvalue weighted by atomic mass is 9.79. The van der Waals surface area contributed by atoms with Crippen molar-refractivity contribution >= 4 is 34.4 Å². The Hall–Kier alpha value is -4.19. The highest BCUT2D eigenvalue weighted by Gasteiger charge is 2.56. The van der Waals surface area contributed by atoms with E-state index in [-0.39, 0.29) is 31.0 Å². The maximum absolute atomic E-state index is 15.1. The van der Waals surface area contributed by atoms with Crippen LogP contribution >= 0.6 is 0 Å². The quantitative estimate of drug-likeness (QED) is 0.539. The molecule has 0 bridgehead atoms. The fourth-order valence-electron chi connectivity index (χ4n) is 5.52. The third-order valence-corrected chi connectivity index (χ3v) is 7.08. The summed E-state index contributed by atoms with van der Waals surface area (Å²) in [6.45, 7) is 2.76. The molecule has 4 heterocycles. The Kier molecular flexibility index (Phi) is 5.36. The number of terminal acetylenes is 1. The van der Waals surface area contributed by atoms with Crippen molar-refractivity contribution in [1.29, 1.82) is 0 Å². The van der Waals surface area contributed by atoms with Gasteiger partial charge in [0.25, 0.3) is 5.91 Å². The number of pyridine rings is 1. The number of halogens is 1. The summed E-state index contributed by atoms with van der Waals surface area (Å²) >= 11 is 0. The lowest BCUT2D eigenvalue weighted by Gasteiger charge is -2.31. The lowest BCUT2D eigenvalue weighted by molar-refractivity contribution is -0.136. The molecule has 3 atom stereocenters. The Morgan fingerprint density at radius 1 is 1.33 bits per heavy atom. The molecule has 2 aliphatic rings. The third kappa shape index (κ3) is 3.61. The molecule has 184 valence electrons. The number of alkyl halides is 1. The maximum atomic E-state index is 15.1. The molecule has 1 spiro atoms. The minimum atomic E-state index is -1.78. The van der Waals surface area contributed by atoms with E-state index in [1.54, 1.807) is 18.2 Å². The molecule has 9 heteroatoms. The van der Waals surface area contributed by atoms with Crippen molar-refractivity contribution in [2.45, 2.75) is 49.9 Å². The second-order valence-corrected chi connectivity index (χ2v) is 10.1. The second-order valence-electron chi connectivity index (χ2n) is 10.1. The molecule has 0 saturated carbocycles. The van der Waals surface area contributed by atoms with Crippen LogP contribution in [-0.2, 0) is 15.0 Å². The van der Waals surface area contributed by atoms with Crippen LogP contribution in [-0.4, -0.2) is 50.4 Å². The van der Waals surface area contributed by atoms with Crippen molar-refractivity contribution in [1.82, 2.24) is 14.5 Å². The Morgan fingerprint density at radius 2 is 2.08 bits per heavy atom. The molecule has 1 aromatic carbocycles. The van der Waals surface area contributed by atoms with Crippen LogP contribution < -0.4 is 11.1 Å². The van der Waals surface area contributed by atoms with Crippen LogP contribution in [0.3, 0.4) is 0 Å². The zero-order valence-electron chi connectivity index (χ0n) is 20.0. The molecule has 1 fully saturated rings. The zero-order valence-corrected chi connectivity index (χ0v) is 20.0. The molecule has 36 heavy (non-hydrogen) atoms. The van der Waals surface area contributed by atoms with Gasteiger partial charge in [0.05, 0.1) is 11.5 Å². The summed E-state index contributed by atoms with van der Waals surface area (Å²) in [5.41, 5.74) is 4.72. The normalized spacial score (nSPS) is 21.9. The Balaban J connectivity index is 1.62. The summed E-state index contributed by atoms with van der Waals surface area (Å²) in [5, 5.41) is 3.49. The van der Waals surface area contributed by atoms with E-state index in [2.05, 4.69) is 16.2 Å². The Labute approximate surface area is 207 Å². The van der Waals surface area contributed by atoms with Gasteiger partial charge in [-0.3, -0.25) is 14.4 Å². The van der Waals surface area contributed by atoms with Gasteiger partial charge in [-0.2, -0.15) is 0 Å². The van der Waals surface area contributed by atoms with Crippen LogP contribution in [0.4, 0.5) is 10.1 Å². The van der Waals surface area contributed by atoms with Crippen LogP contribution in [0, 0.1) is 12.3 Å². The van der Waals surface area contributed by atoms with Crippen molar-refractivity contribution in [3.8, 4) is 12.3 Å². The molecule has 0 unspecified atom stereocenters. The van der Waals surface area contributed by atoms with Crippen LogP contribution in [0.15, 0.2) is 48.7 Å². The van der Waals surface area contributed by atoms with Crippen LogP contribution in [0.2, 0.25) is 0 Å². The first-order valence-electron chi connectivity index (χ1n) is 11.7. The smallest absolute Gasteiger partial charge is 0.265 e. The number of nitrogens with one attached hydrogen (secondary N) is 1. The molecule has 1 saturated heterocycles. The zero-order chi connectivity index (χ0) is 25.8. The number of hydrogen-bond donors (Lipinski definition) is 2. The van der Waals surface area contributed by atoms with E-state index in [9.17, 15) is 14.4 Å². The largest absolute Gasteiger partial charge is 0.364 e. The summed E-state index contributed by atoms with van der Waals surface area (Å²) in [4.78, 5) is 45.6. The van der Waals surface area contributed by atoms with Gasteiger partial charge in [0.2, 0.25) is 11.8 Å². The summed E-state index contributed by atoms with van der Waals surface area (Å²) < 4.78 is 16.5. The van der Waals surface area contributed by atoms with Crippen molar-refractivity contribution < 1.29 is 18.8 Å². The number of carbonyl (C=O) groups is 3. The first-order valence-corrected chi connectivity index (χ1v) is 11.7. The Bertz CT molecular complexity index is 1450. The molecule has 0 aliphatic carbocycles. The van der Waals surface area contributed by atoms with Crippen molar-refractivity contribution in [3.05, 3.63) is 59.9 Å². The maximum Gasteiger partial charge on any atom is 0.265 e. The highest BCUT2D eigenvalue weighted by Crippen LogP contribution is 2.47. The van der Waals surface area contributed by atoms with Gasteiger partial charge < -0.3 is 20.5 Å². The van der Waals surface area contributed by atoms with Gasteiger partial charge in [0, 0.05) is 30.2 Å². The van der Waals surface area contributed by atoms with Gasteiger partial charge in [-0.15, -0.1) is 6.42 Å². The molecule has 2 aliphatic heterocycles. The number of fused-ring (bicyclic) bond motifs is 3. The van der Waals surface area contributed by atoms with E-state index in [1.807, 2.05) is 24.3 Å². The number of amides is 3. The number of likely N-dealkylation sites (tertiary alicyclic amines) is 1. The van der Waals surface area contributed by atoms with Crippen molar-refractivity contribution in [2.75, 3.05) is 11.9 Å². The number of hydrogen-bond acceptors (Lipinski definition) is 4. The molecule has 5 rings (SSSR count). The summed E-state index contributed by atoms with van der Waals surface area (Å²) in [5.74, 6) is 1.16. The summed E-state index contributed by atoms with van der Waals surface area (Å²) in [6, 6.07) is 10.4. The number of anilines is 1. The van der Waals surface area contributed by atoms with E-state index in [1.165, 1.54) is 29.5 Å². The molecular weight excluding hydrogens is 461 g/mol. The third-order valence-electron chi connectivity index (χ3n) is 7.08. The van der Waals surface area contributed by atoms with Crippen LogP contribution in [0.5, 0.6) is 0 Å². The van der Waals surface area contributed by atoms with Gasteiger partial charge >= 0.3 is 0 Å². The van der Waals surface area contributed by atoms with Gasteiger partial charge in [-0.25, -0.2) is 9.37 Å². The summed E-state index contributed by atoms with van der Waals surface area (Å²) in [6.07, 6.45) is 7.36. The molecule has 3 aromatic rings. The first kappa shape index (κ1) is 23.5. The number of para-hydroxylation sites is 1. The average molecular weight is 488 g/mol. The fraction of sp³-hybridized carbons (Fsp3) is 0.333. The van der Waals surface area contributed by atoms with E-state index in [0.717, 1.165) is 5.56 Å². The predicted molar refractivity (Wildman–Crippen MR) is 133 cm³/mol. The monoisotopic (exact) mass is 487 g/mol. The van der Waals surface area contributed by atoms with Gasteiger partial charge in [0.15, 0.2) is 0 Å². The molecule has 2 aromatic heterocycles. The van der Waals surface area contributed by atoms with Gasteiger partial charge in [0.1, 0.15) is 23.1 Å². The molecular formula is C27H26FN5O3. The second kappa shape index (κ2) is 8.19. The van der Waals surface area contributed by atoms with E-state index in [0.29, 0.717) is 16.7 Å². The number of nitrogens with two attached hydrogens (primary N) is 1. The highest BCUT2D eigenvalue weighted by molar-refractivity contribution is 6.07.